The number of piperidine rings is 1. The first-order valence-electron chi connectivity index (χ1n) is 7.13. The lowest BCUT2D eigenvalue weighted by atomic mass is 9.93. The normalized spacial score (nSPS) is 16.3. The summed E-state index contributed by atoms with van der Waals surface area (Å²) in [7, 11) is 0. The fourth-order valence-electron chi connectivity index (χ4n) is 2.83. The van der Waals surface area contributed by atoms with Crippen LogP contribution in [0.1, 0.15) is 29.8 Å². The fraction of sp³-hybridized carbons (Fsp3) is 0.375. The summed E-state index contributed by atoms with van der Waals surface area (Å²) in [6.07, 6.45) is 1.66. The number of carboxylic acid groups (broad SMARTS) is 1. The number of nitrogens with zero attached hydrogens (tertiary/aromatic N) is 1. The third kappa shape index (κ3) is 2.91. The molecule has 1 fully saturated rings. The molecule has 0 aliphatic carbocycles. The highest BCUT2D eigenvalue weighted by molar-refractivity contribution is 5.96. The maximum atomic E-state index is 12.4. The van der Waals surface area contributed by atoms with Gasteiger partial charge in [0.05, 0.1) is 0 Å². The monoisotopic (exact) mass is 287 g/mol. The van der Waals surface area contributed by atoms with E-state index in [2.05, 4.69) is 0 Å². The molecule has 110 valence electrons. The first kappa shape index (κ1) is 13.7. The van der Waals surface area contributed by atoms with Gasteiger partial charge in [0, 0.05) is 24.9 Å². The van der Waals surface area contributed by atoms with E-state index in [0.29, 0.717) is 24.4 Å². The number of carboxylic acids is 1. The van der Waals surface area contributed by atoms with Gasteiger partial charge in [-0.2, -0.15) is 0 Å². The summed E-state index contributed by atoms with van der Waals surface area (Å²) in [5.41, 5.74) is 0.710. The molecule has 5 nitrogen and oxygen atoms in total. The Labute approximate surface area is 122 Å². The molecule has 1 amide bonds. The minimum absolute atomic E-state index is 0.111. The smallest absolute Gasteiger partial charge is 0.303 e. The van der Waals surface area contributed by atoms with Crippen LogP contribution < -0.4 is 0 Å². The highest BCUT2D eigenvalue weighted by atomic mass is 16.4. The number of hydrogen-bond donors (Lipinski definition) is 1. The number of carbonyl (C=O) groups is 2. The second kappa shape index (κ2) is 5.60. The van der Waals surface area contributed by atoms with Gasteiger partial charge in [-0.15, -0.1) is 0 Å². The molecule has 1 N–H and O–H groups in total. The second-order valence-corrected chi connectivity index (χ2v) is 5.48. The maximum absolute atomic E-state index is 12.4. The SMILES string of the molecule is O=C(O)CC1CCN(C(=O)c2cc3ccccc3o2)CC1. The van der Waals surface area contributed by atoms with Crippen LogP contribution in [0.3, 0.4) is 0 Å². The number of furan rings is 1. The summed E-state index contributed by atoms with van der Waals surface area (Å²) in [6, 6.07) is 9.29. The Morgan fingerprint density at radius 2 is 1.95 bits per heavy atom. The average Bonchev–Trinajstić information content (AvgIpc) is 2.90. The van der Waals surface area contributed by atoms with Crippen LogP contribution in [-0.2, 0) is 4.79 Å². The van der Waals surface area contributed by atoms with Gasteiger partial charge in [-0.25, -0.2) is 0 Å². The van der Waals surface area contributed by atoms with Gasteiger partial charge in [0.25, 0.3) is 5.91 Å². The number of likely N-dealkylation sites (tertiary alicyclic amines) is 1. The summed E-state index contributed by atoms with van der Waals surface area (Å²) in [5.74, 6) is -0.354. The lowest BCUT2D eigenvalue weighted by Gasteiger charge is -2.30. The molecule has 2 heterocycles. The average molecular weight is 287 g/mol. The highest BCUT2D eigenvalue weighted by Gasteiger charge is 2.26. The Balaban J connectivity index is 1.67. The van der Waals surface area contributed by atoms with Crippen molar-refractivity contribution in [2.75, 3.05) is 13.1 Å². The highest BCUT2D eigenvalue weighted by Crippen LogP contribution is 2.24. The molecule has 1 saturated heterocycles. The van der Waals surface area contributed by atoms with Gasteiger partial charge in [-0.05, 0) is 30.9 Å². The van der Waals surface area contributed by atoms with Crippen molar-refractivity contribution in [3.8, 4) is 0 Å². The molecule has 0 atom stereocenters. The molecule has 1 aliphatic heterocycles. The standard InChI is InChI=1S/C16H17NO4/c18-15(19)9-11-5-7-17(8-6-11)16(20)14-10-12-3-1-2-4-13(12)21-14/h1-4,10-11H,5-9H2,(H,18,19). The molecule has 0 spiro atoms. The molecule has 5 heteroatoms. The van der Waals surface area contributed by atoms with Crippen molar-refractivity contribution in [2.45, 2.75) is 19.3 Å². The predicted octanol–water partition coefficient (Wildman–Crippen LogP) is 2.76. The molecule has 2 aromatic rings. The molecular weight excluding hydrogens is 270 g/mol. The van der Waals surface area contributed by atoms with E-state index in [1.165, 1.54) is 0 Å². The van der Waals surface area contributed by atoms with Gasteiger partial charge < -0.3 is 14.4 Å². The molecular formula is C16H17NO4. The molecule has 1 aromatic heterocycles. The summed E-state index contributed by atoms with van der Waals surface area (Å²) in [5, 5.41) is 9.72. The van der Waals surface area contributed by atoms with Crippen LogP contribution in [0.4, 0.5) is 0 Å². The Morgan fingerprint density at radius 1 is 1.24 bits per heavy atom. The van der Waals surface area contributed by atoms with E-state index in [1.807, 2.05) is 24.3 Å². The second-order valence-electron chi connectivity index (χ2n) is 5.48. The van der Waals surface area contributed by atoms with E-state index in [-0.39, 0.29) is 18.2 Å². The van der Waals surface area contributed by atoms with Crippen molar-refractivity contribution in [1.82, 2.24) is 4.90 Å². The molecule has 0 bridgehead atoms. The molecule has 1 aliphatic rings. The number of para-hydroxylation sites is 1. The molecule has 0 radical (unpaired) electrons. The van der Waals surface area contributed by atoms with E-state index in [4.69, 9.17) is 9.52 Å². The molecule has 3 rings (SSSR count). The lowest BCUT2D eigenvalue weighted by molar-refractivity contribution is -0.138. The minimum Gasteiger partial charge on any atom is -0.481 e. The van der Waals surface area contributed by atoms with Crippen LogP contribution in [-0.4, -0.2) is 35.0 Å². The van der Waals surface area contributed by atoms with Crippen molar-refractivity contribution >= 4 is 22.8 Å². The molecule has 21 heavy (non-hydrogen) atoms. The number of aliphatic carboxylic acids is 1. The van der Waals surface area contributed by atoms with Crippen LogP contribution in [0.5, 0.6) is 0 Å². The predicted molar refractivity (Wildman–Crippen MR) is 77.1 cm³/mol. The van der Waals surface area contributed by atoms with Crippen LogP contribution in [0.25, 0.3) is 11.0 Å². The van der Waals surface area contributed by atoms with Gasteiger partial charge in [0.2, 0.25) is 0 Å². The van der Waals surface area contributed by atoms with Gasteiger partial charge >= 0.3 is 5.97 Å². The van der Waals surface area contributed by atoms with E-state index >= 15 is 0 Å². The Hall–Kier alpha value is -2.30. The summed E-state index contributed by atoms with van der Waals surface area (Å²) in [4.78, 5) is 24.9. The Morgan fingerprint density at radius 3 is 2.62 bits per heavy atom. The summed E-state index contributed by atoms with van der Waals surface area (Å²) in [6.45, 7) is 1.18. The third-order valence-electron chi connectivity index (χ3n) is 4.00. The van der Waals surface area contributed by atoms with Crippen LogP contribution in [0, 0.1) is 5.92 Å². The first-order valence-corrected chi connectivity index (χ1v) is 7.13. The number of benzene rings is 1. The Bertz CT molecular complexity index is 635. The van der Waals surface area contributed by atoms with Crippen molar-refractivity contribution < 1.29 is 19.1 Å². The maximum Gasteiger partial charge on any atom is 0.303 e. The summed E-state index contributed by atoms with van der Waals surface area (Å²) < 4.78 is 5.59. The van der Waals surface area contributed by atoms with E-state index in [9.17, 15) is 9.59 Å². The molecule has 0 unspecified atom stereocenters. The minimum atomic E-state index is -0.767. The van der Waals surface area contributed by atoms with Crippen molar-refractivity contribution in [1.29, 1.82) is 0 Å². The quantitative estimate of drug-likeness (QED) is 0.942. The summed E-state index contributed by atoms with van der Waals surface area (Å²) >= 11 is 0. The van der Waals surface area contributed by atoms with E-state index < -0.39 is 5.97 Å². The Kier molecular flexibility index (Phi) is 3.64. The zero-order valence-electron chi connectivity index (χ0n) is 11.6. The van der Waals surface area contributed by atoms with Gasteiger partial charge in [-0.1, -0.05) is 18.2 Å². The number of amides is 1. The molecule has 0 saturated carbocycles. The number of rotatable bonds is 3. The zero-order chi connectivity index (χ0) is 14.8. The number of carbonyl (C=O) groups excluding carboxylic acids is 1. The van der Waals surface area contributed by atoms with Crippen LogP contribution >= 0.6 is 0 Å². The fourth-order valence-corrected chi connectivity index (χ4v) is 2.83. The largest absolute Gasteiger partial charge is 0.481 e. The van der Waals surface area contributed by atoms with E-state index in [1.54, 1.807) is 11.0 Å². The van der Waals surface area contributed by atoms with Gasteiger partial charge in [-0.3, -0.25) is 9.59 Å². The topological polar surface area (TPSA) is 70.8 Å². The van der Waals surface area contributed by atoms with Crippen molar-refractivity contribution in [3.63, 3.8) is 0 Å². The van der Waals surface area contributed by atoms with Crippen LogP contribution in [0.15, 0.2) is 34.7 Å². The van der Waals surface area contributed by atoms with Crippen molar-refractivity contribution in [2.24, 2.45) is 5.92 Å². The van der Waals surface area contributed by atoms with E-state index in [0.717, 1.165) is 18.2 Å². The molecule has 1 aromatic carbocycles. The number of fused-ring (bicyclic) bond motifs is 1. The van der Waals surface area contributed by atoms with Crippen molar-refractivity contribution in [3.05, 3.63) is 36.1 Å². The number of hydrogen-bond acceptors (Lipinski definition) is 3. The third-order valence-corrected chi connectivity index (χ3v) is 4.00. The lowest BCUT2D eigenvalue weighted by Crippen LogP contribution is -2.38. The van der Waals surface area contributed by atoms with Crippen LogP contribution in [0.2, 0.25) is 0 Å². The zero-order valence-corrected chi connectivity index (χ0v) is 11.6. The van der Waals surface area contributed by atoms with Gasteiger partial charge in [0.15, 0.2) is 5.76 Å². The van der Waals surface area contributed by atoms with Gasteiger partial charge in [0.1, 0.15) is 5.58 Å². The first-order chi connectivity index (χ1) is 10.1.